The number of nitrogens with zero attached hydrogens (tertiary/aromatic N) is 4. The molecule has 0 saturated carbocycles. The number of benzene rings is 4. The van der Waals surface area contributed by atoms with E-state index < -0.39 is 30.0 Å². The number of rotatable bonds is 12. The van der Waals surface area contributed by atoms with Crippen molar-refractivity contribution in [2.45, 2.75) is 23.6 Å². The summed E-state index contributed by atoms with van der Waals surface area (Å²) in [4.78, 5) is -1.07. The fourth-order valence-corrected chi connectivity index (χ4v) is 7.13. The predicted octanol–water partition coefficient (Wildman–Crippen LogP) is 4.16. The van der Waals surface area contributed by atoms with E-state index in [2.05, 4.69) is 42.5 Å². The van der Waals surface area contributed by atoms with E-state index in [-0.39, 0.29) is 22.4 Å². The highest BCUT2D eigenvalue weighted by Gasteiger charge is 2.25. The van der Waals surface area contributed by atoms with Crippen LogP contribution in [0, 0.1) is 0 Å². The Hall–Kier alpha value is -6.54. The standard InChI is InChI=1S/C36H39N11O6S2/c1-3-38-33-22-30(42-46(44-33)40-27-11-7-5-8-12-27)26-18-16-24(32(21-26)54(48,49)50)15-17-25-19-20-29(35(37)36(25)55(51,52)53)31-23-34(39-4-2)45-47(43-31)41-28-13-9-6-10-14-28/h5-23,40-43H,3-4,37H2,1-2H3,(H,38,44)(H,39,45)(H,48,49,50)(H,51,52,53). The van der Waals surface area contributed by atoms with Gasteiger partial charge in [-0.3, -0.25) is 30.8 Å². The molecule has 17 nitrogen and oxygen atoms in total. The Labute approximate surface area is 318 Å². The van der Waals surface area contributed by atoms with Gasteiger partial charge in [0.05, 0.1) is 28.5 Å². The largest absolute Gasteiger partial charge is 0.397 e. The monoisotopic (exact) mass is 785 g/mol. The second-order valence-corrected chi connectivity index (χ2v) is 14.7. The maximum atomic E-state index is 12.8. The van der Waals surface area contributed by atoms with Crippen LogP contribution in [-0.2, 0) is 20.2 Å². The molecule has 0 amide bonds. The molecule has 0 atom stereocenters. The molecular formula is C36H39N11O6S2. The van der Waals surface area contributed by atoms with E-state index in [0.29, 0.717) is 47.4 Å². The molecule has 19 heteroatoms. The minimum Gasteiger partial charge on any atom is -0.397 e. The Morgan fingerprint density at radius 1 is 0.691 bits per heavy atom. The highest BCUT2D eigenvalue weighted by Crippen LogP contribution is 2.33. The minimum absolute atomic E-state index is 0.0252. The first-order valence-corrected chi connectivity index (χ1v) is 19.8. The highest BCUT2D eigenvalue weighted by molar-refractivity contribution is 7.86. The molecule has 0 spiro atoms. The molecule has 0 aliphatic carbocycles. The molecule has 2 aliphatic heterocycles. The average Bonchev–Trinajstić information content (AvgIpc) is 3.14. The van der Waals surface area contributed by atoms with Gasteiger partial charge in [0.1, 0.15) is 9.79 Å². The van der Waals surface area contributed by atoms with Gasteiger partial charge >= 0.3 is 0 Å². The molecule has 0 saturated heterocycles. The molecule has 2 aliphatic rings. The molecule has 55 heavy (non-hydrogen) atoms. The second-order valence-electron chi connectivity index (χ2n) is 11.9. The minimum atomic E-state index is -4.93. The summed E-state index contributed by atoms with van der Waals surface area (Å²) in [5, 5.41) is 17.8. The van der Waals surface area contributed by atoms with Crippen molar-refractivity contribution in [2.24, 2.45) is 10.2 Å². The molecule has 0 unspecified atom stereocenters. The van der Waals surface area contributed by atoms with Crippen LogP contribution in [-0.4, -0.2) is 61.2 Å². The van der Waals surface area contributed by atoms with Crippen molar-refractivity contribution in [3.63, 3.8) is 0 Å². The summed E-state index contributed by atoms with van der Waals surface area (Å²) in [6.45, 7) is 4.88. The smallest absolute Gasteiger partial charge is 0.297 e. The SMILES string of the molecule is CCNC1=NN(Nc2ccccc2)NC(c2ccc(C=Cc3ccc(C4=CC(NCC)=NN(Nc5ccccc5)N4)c(N)c3S(=O)(=O)O)c(S(=O)(=O)O)c2)=C1. The molecule has 4 aromatic rings. The summed E-state index contributed by atoms with van der Waals surface area (Å²) in [6.07, 6.45) is 5.88. The summed E-state index contributed by atoms with van der Waals surface area (Å²) >= 11 is 0. The lowest BCUT2D eigenvalue weighted by atomic mass is 10.0. The molecular weight excluding hydrogens is 747 g/mol. The molecule has 0 radical (unpaired) electrons. The number of para-hydroxylation sites is 2. The van der Waals surface area contributed by atoms with E-state index in [1.807, 2.05) is 74.5 Å². The number of hydrogen-bond acceptors (Lipinski definition) is 15. The molecule has 0 bridgehead atoms. The number of hydrogen-bond donors (Lipinski definition) is 9. The van der Waals surface area contributed by atoms with Gasteiger partial charge in [0.15, 0.2) is 11.7 Å². The molecule has 0 aromatic heterocycles. The number of likely N-dealkylation sites (N-methyl/N-ethyl adjacent to an activating group) is 2. The van der Waals surface area contributed by atoms with Crippen LogP contribution >= 0.6 is 0 Å². The normalized spacial score (nSPS) is 14.5. The summed E-state index contributed by atoms with van der Waals surface area (Å²) in [6, 6.07) is 25.7. The van der Waals surface area contributed by atoms with Crippen LogP contribution in [0.15, 0.2) is 123 Å². The van der Waals surface area contributed by atoms with Crippen molar-refractivity contribution in [1.82, 2.24) is 31.9 Å². The number of hydrazone groups is 2. The third-order valence-corrected chi connectivity index (χ3v) is 9.86. The molecule has 6 rings (SSSR count). The lowest BCUT2D eigenvalue weighted by Crippen LogP contribution is -2.43. The van der Waals surface area contributed by atoms with Crippen LogP contribution in [0.4, 0.5) is 17.1 Å². The quantitative estimate of drug-likeness (QED) is 0.0557. The zero-order valence-corrected chi connectivity index (χ0v) is 31.2. The Bertz CT molecular complexity index is 2440. The van der Waals surface area contributed by atoms with Gasteiger partial charge in [0, 0.05) is 36.4 Å². The lowest BCUT2D eigenvalue weighted by Gasteiger charge is -2.29. The van der Waals surface area contributed by atoms with Crippen LogP contribution < -0.4 is 38.1 Å². The van der Waals surface area contributed by atoms with E-state index in [1.54, 1.807) is 24.3 Å². The van der Waals surface area contributed by atoms with Gasteiger partial charge in [-0.2, -0.15) is 16.8 Å². The maximum absolute atomic E-state index is 12.8. The number of nitrogen functional groups attached to an aromatic ring is 1. The van der Waals surface area contributed by atoms with Gasteiger partial charge < -0.3 is 16.4 Å². The number of nitrogens with two attached hydrogens (primary N) is 1. The van der Waals surface area contributed by atoms with Gasteiger partial charge in [-0.1, -0.05) is 72.8 Å². The Kier molecular flexibility index (Phi) is 11.3. The van der Waals surface area contributed by atoms with Gasteiger partial charge in [-0.05, 0) is 55.3 Å². The van der Waals surface area contributed by atoms with Crippen LogP contribution in [0.1, 0.15) is 36.1 Å². The maximum Gasteiger partial charge on any atom is 0.297 e. The molecule has 10 N–H and O–H groups in total. The van der Waals surface area contributed by atoms with Gasteiger partial charge in [-0.25, -0.2) is 0 Å². The number of anilines is 3. The lowest BCUT2D eigenvalue weighted by molar-refractivity contribution is 0.291. The van der Waals surface area contributed by atoms with E-state index in [9.17, 15) is 25.9 Å². The zero-order valence-electron chi connectivity index (χ0n) is 29.6. The van der Waals surface area contributed by atoms with E-state index in [4.69, 9.17) is 5.73 Å². The van der Waals surface area contributed by atoms with Gasteiger partial charge in [0.25, 0.3) is 20.2 Å². The third kappa shape index (κ3) is 9.34. The van der Waals surface area contributed by atoms with Gasteiger partial charge in [-0.15, -0.1) is 20.7 Å². The van der Waals surface area contributed by atoms with Crippen LogP contribution in [0.25, 0.3) is 23.5 Å². The zero-order chi connectivity index (χ0) is 39.2. The third-order valence-electron chi connectivity index (χ3n) is 7.98. The van der Waals surface area contributed by atoms with Crippen LogP contribution in [0.2, 0.25) is 0 Å². The summed E-state index contributed by atoms with van der Waals surface area (Å²) in [5.74, 6) is 0.905. The van der Waals surface area contributed by atoms with Crippen molar-refractivity contribution in [2.75, 3.05) is 29.7 Å². The predicted molar refractivity (Wildman–Crippen MR) is 214 cm³/mol. The van der Waals surface area contributed by atoms with E-state index in [0.717, 1.165) is 5.69 Å². The summed E-state index contributed by atoms with van der Waals surface area (Å²) in [5.41, 5.74) is 21.3. The van der Waals surface area contributed by atoms with Crippen molar-refractivity contribution in [3.05, 3.63) is 125 Å². The summed E-state index contributed by atoms with van der Waals surface area (Å²) in [7, 11) is -9.74. The Balaban J connectivity index is 1.33. The van der Waals surface area contributed by atoms with E-state index in [1.165, 1.54) is 40.8 Å². The van der Waals surface area contributed by atoms with Crippen molar-refractivity contribution >= 4 is 72.5 Å². The molecule has 0 fully saturated rings. The van der Waals surface area contributed by atoms with Crippen molar-refractivity contribution < 1.29 is 25.9 Å². The highest BCUT2D eigenvalue weighted by atomic mass is 32.2. The second kappa shape index (κ2) is 16.2. The fraction of sp³-hybridized carbons (Fsp3) is 0.111. The van der Waals surface area contributed by atoms with Crippen molar-refractivity contribution in [3.8, 4) is 0 Å². The first kappa shape index (κ1) is 38.2. The molecule has 286 valence electrons. The van der Waals surface area contributed by atoms with E-state index >= 15 is 0 Å². The first-order chi connectivity index (χ1) is 26.3. The van der Waals surface area contributed by atoms with Crippen LogP contribution in [0.5, 0.6) is 0 Å². The summed E-state index contributed by atoms with van der Waals surface area (Å²) < 4.78 is 71.8. The number of hydrazine groups is 4. The fourth-order valence-electron chi connectivity index (χ4n) is 5.60. The number of amidine groups is 2. The average molecular weight is 786 g/mol. The Morgan fingerprint density at radius 3 is 1.73 bits per heavy atom. The molecule has 4 aromatic carbocycles. The topological polar surface area (TPSA) is 238 Å². The molecule has 2 heterocycles. The first-order valence-electron chi connectivity index (χ1n) is 16.9. The van der Waals surface area contributed by atoms with Gasteiger partial charge in [0.2, 0.25) is 0 Å². The number of nitrogens with one attached hydrogen (secondary N) is 6. The Morgan fingerprint density at radius 2 is 1.20 bits per heavy atom. The van der Waals surface area contributed by atoms with Crippen LogP contribution in [0.3, 0.4) is 0 Å². The van der Waals surface area contributed by atoms with Crippen molar-refractivity contribution in [1.29, 1.82) is 0 Å².